The molecule has 0 fully saturated rings. The Morgan fingerprint density at radius 3 is 0.797 bits per heavy atom. The first kappa shape index (κ1) is 80.5. The van der Waals surface area contributed by atoms with Gasteiger partial charge in [0.2, 0.25) is 0 Å². The summed E-state index contributed by atoms with van der Waals surface area (Å²) in [6, 6.07) is 153. The van der Waals surface area contributed by atoms with Crippen LogP contribution in [0.5, 0.6) is 0 Å². The van der Waals surface area contributed by atoms with Gasteiger partial charge in [0.25, 0.3) is 0 Å². The summed E-state index contributed by atoms with van der Waals surface area (Å²) in [7, 11) is 0. The van der Waals surface area contributed by atoms with Gasteiger partial charge in [-0.25, -0.2) is 44.9 Å². The first-order valence-corrected chi connectivity index (χ1v) is 46.4. The second kappa shape index (κ2) is 33.1. The van der Waals surface area contributed by atoms with Crippen molar-refractivity contribution in [2.75, 3.05) is 0 Å². The Balaban J connectivity index is 0.000000107. The molecule has 0 unspecified atom stereocenters. The summed E-state index contributed by atoms with van der Waals surface area (Å²) >= 11 is 0. The second-order valence-electron chi connectivity index (χ2n) is 35.7. The SMILES string of the molecule is CC1(C)c2ccccc2-c2ccc(-c3nc(-c4ccccc4)nc(-c4ccc5c(ccc6ccc7oc8ccccc8c7c65)c4)n3)cc21.c1ccc(-c2ccc(-c3nc(-c4ccccc4)nc(-c4ccc5c(ccc6ccc7oc8ccccc8c7c65)c4)n3)cc2)cc1.c1ccc(-c2cccc(-c3nc(-c4ccccc4)nc(-c4ccc5c(ccc6ccc7oc8ccccc8c7c65)c4)n3)c2)cc1. The average molecular weight is 1770 g/mol. The second-order valence-corrected chi connectivity index (χ2v) is 35.7. The number of fused-ring (bicyclic) bond motifs is 24. The molecule has 27 aromatic rings. The van der Waals surface area contributed by atoms with Crippen molar-refractivity contribution in [2.24, 2.45) is 0 Å². The summed E-state index contributed by atoms with van der Waals surface area (Å²) in [5.74, 6) is 5.82. The minimum Gasteiger partial charge on any atom is -0.456 e. The van der Waals surface area contributed by atoms with Crippen molar-refractivity contribution in [3.05, 3.63) is 454 Å². The molecular formula is C126H79N9O3. The fraction of sp³-hybridized carbons (Fsp3) is 0.0238. The molecule has 0 spiro atoms. The highest BCUT2D eigenvalue weighted by Crippen LogP contribution is 2.51. The van der Waals surface area contributed by atoms with Gasteiger partial charge in [-0.05, 0) is 160 Å². The summed E-state index contributed by atoms with van der Waals surface area (Å²) in [5, 5.41) is 20.8. The molecule has 646 valence electrons. The molecule has 0 saturated carbocycles. The van der Waals surface area contributed by atoms with Crippen LogP contribution in [0, 0.1) is 0 Å². The van der Waals surface area contributed by atoms with Crippen molar-refractivity contribution in [2.45, 2.75) is 19.3 Å². The monoisotopic (exact) mass is 1770 g/mol. The van der Waals surface area contributed by atoms with E-state index >= 15 is 0 Å². The zero-order valence-corrected chi connectivity index (χ0v) is 74.9. The van der Waals surface area contributed by atoms with E-state index in [2.05, 4.69) is 329 Å². The van der Waals surface area contributed by atoms with Crippen LogP contribution in [0.1, 0.15) is 25.0 Å². The van der Waals surface area contributed by atoms with Gasteiger partial charge in [-0.3, -0.25) is 0 Å². The van der Waals surface area contributed by atoms with Gasteiger partial charge >= 0.3 is 0 Å². The summed E-state index contributed by atoms with van der Waals surface area (Å²) in [5.41, 5.74) is 23.6. The van der Waals surface area contributed by atoms with Crippen molar-refractivity contribution < 1.29 is 13.3 Å². The van der Waals surface area contributed by atoms with Crippen LogP contribution in [0.4, 0.5) is 0 Å². The molecule has 0 N–H and O–H groups in total. The predicted molar refractivity (Wildman–Crippen MR) is 564 cm³/mol. The quantitative estimate of drug-likeness (QED) is 0.113. The first-order valence-electron chi connectivity index (χ1n) is 46.4. The van der Waals surface area contributed by atoms with Gasteiger partial charge in [-0.2, -0.15) is 0 Å². The number of hydrogen-bond acceptors (Lipinski definition) is 12. The van der Waals surface area contributed by atoms with Crippen LogP contribution in [-0.2, 0) is 5.41 Å². The molecule has 12 nitrogen and oxygen atoms in total. The van der Waals surface area contributed by atoms with E-state index in [0.717, 1.165) is 149 Å². The predicted octanol–water partition coefficient (Wildman–Crippen LogP) is 32.9. The lowest BCUT2D eigenvalue weighted by Crippen LogP contribution is -2.15. The Kier molecular flexibility index (Phi) is 19.3. The van der Waals surface area contributed by atoms with Crippen molar-refractivity contribution in [3.63, 3.8) is 0 Å². The van der Waals surface area contributed by atoms with Crippen LogP contribution in [0.2, 0.25) is 0 Å². The zero-order valence-electron chi connectivity index (χ0n) is 74.9. The molecule has 0 amide bonds. The van der Waals surface area contributed by atoms with Crippen LogP contribution < -0.4 is 0 Å². The molecule has 12 heteroatoms. The van der Waals surface area contributed by atoms with Gasteiger partial charge in [0.15, 0.2) is 52.4 Å². The number of furan rings is 3. The largest absolute Gasteiger partial charge is 0.456 e. The maximum atomic E-state index is 6.24. The number of nitrogens with zero attached hydrogens (tertiary/aromatic N) is 9. The Hall–Kier alpha value is -18.4. The van der Waals surface area contributed by atoms with Crippen molar-refractivity contribution >= 4 is 130 Å². The normalized spacial score (nSPS) is 12.2. The Morgan fingerprint density at radius 2 is 0.406 bits per heavy atom. The highest BCUT2D eigenvalue weighted by atomic mass is 16.3. The minimum absolute atomic E-state index is 0.118. The smallest absolute Gasteiger partial charge is 0.164 e. The van der Waals surface area contributed by atoms with E-state index in [9.17, 15) is 0 Å². The Morgan fingerprint density at radius 1 is 0.152 bits per heavy atom. The van der Waals surface area contributed by atoms with Crippen molar-refractivity contribution in [1.29, 1.82) is 0 Å². The number of aromatic nitrogens is 9. The fourth-order valence-electron chi connectivity index (χ4n) is 20.3. The third-order valence-corrected chi connectivity index (χ3v) is 27.1. The van der Waals surface area contributed by atoms with Crippen molar-refractivity contribution in [1.82, 2.24) is 44.9 Å². The number of benzene rings is 21. The molecule has 6 aromatic heterocycles. The number of hydrogen-bond donors (Lipinski definition) is 0. The van der Waals surface area contributed by atoms with Crippen LogP contribution in [0.3, 0.4) is 0 Å². The van der Waals surface area contributed by atoms with Gasteiger partial charge < -0.3 is 13.3 Å². The molecule has 1 aliphatic carbocycles. The molecule has 1 aliphatic rings. The Bertz CT molecular complexity index is 9560. The van der Waals surface area contributed by atoms with Crippen molar-refractivity contribution in [3.8, 4) is 136 Å². The average Bonchev–Trinajstić information content (AvgIpc) is 1.56. The van der Waals surface area contributed by atoms with Crippen LogP contribution in [-0.4, -0.2) is 44.9 Å². The van der Waals surface area contributed by atoms with Gasteiger partial charge in [0.1, 0.15) is 33.5 Å². The summed E-state index contributed by atoms with van der Waals surface area (Å²) in [4.78, 5) is 45.2. The molecule has 21 aromatic carbocycles. The van der Waals surface area contributed by atoms with Crippen LogP contribution in [0.15, 0.2) is 456 Å². The lowest BCUT2D eigenvalue weighted by atomic mass is 9.82. The maximum Gasteiger partial charge on any atom is 0.164 e. The standard InChI is InChI=1S/C44H29N3O.2C41H25N3O/c1-44(2)35-14-8-6-12-32(35)33-22-19-30(25-36(33)44)43-46-41(27-10-4-3-5-11-27)45-42(47-43)29-18-21-31-28(24-29)17-16-26-20-23-38-40(39(26)31)34-13-7-9-15-37(34)48-38;1-3-10-26(11-4-1)29-14-9-15-31(24-29)40-42-39(28-12-5-2-6-13-28)43-41(44-40)32-20-22-33-30(25-32)19-18-27-21-23-36-38(37(27)33)34-16-7-8-17-35(34)45-36;1-3-9-26(10-4-1)27-15-18-30(19-16-27)40-42-39(29-11-5-2-6-12-29)43-41(44-40)32-21-23-33-31(25-32)20-17-28-22-24-36-38(37(28)33)34-13-7-8-14-35(34)45-36/h3-25H,1-2H3;2*1-25H. The molecule has 28 rings (SSSR count). The van der Waals surface area contributed by atoms with E-state index in [4.69, 9.17) is 58.1 Å². The van der Waals surface area contributed by atoms with E-state index < -0.39 is 0 Å². The highest BCUT2D eigenvalue weighted by molar-refractivity contribution is 6.30. The molecule has 0 atom stereocenters. The summed E-state index contributed by atoms with van der Waals surface area (Å²) < 4.78 is 18.7. The topological polar surface area (TPSA) is 155 Å². The Labute approximate surface area is 792 Å². The molecule has 0 radical (unpaired) electrons. The third kappa shape index (κ3) is 14.2. The van der Waals surface area contributed by atoms with Gasteiger partial charge in [0.05, 0.1) is 0 Å². The molecule has 0 aliphatic heterocycles. The lowest BCUT2D eigenvalue weighted by Gasteiger charge is -2.21. The lowest BCUT2D eigenvalue weighted by molar-refractivity contribution is 0.660. The fourth-order valence-corrected chi connectivity index (χ4v) is 20.3. The van der Waals surface area contributed by atoms with Gasteiger partial charge in [0, 0.05) is 104 Å². The van der Waals surface area contributed by atoms with E-state index in [1.165, 1.54) is 76.3 Å². The minimum atomic E-state index is -0.118. The van der Waals surface area contributed by atoms with E-state index in [-0.39, 0.29) is 5.41 Å². The van der Waals surface area contributed by atoms with E-state index in [1.54, 1.807) is 0 Å². The van der Waals surface area contributed by atoms with Crippen LogP contribution >= 0.6 is 0 Å². The van der Waals surface area contributed by atoms with Gasteiger partial charge in [-0.1, -0.05) is 390 Å². The molecular weight excluding hydrogens is 1690 g/mol. The zero-order chi connectivity index (χ0) is 91.5. The molecule has 6 heterocycles. The number of rotatable bonds is 11. The number of para-hydroxylation sites is 3. The first-order chi connectivity index (χ1) is 68.1. The van der Waals surface area contributed by atoms with E-state index in [1.807, 2.05) is 127 Å². The third-order valence-electron chi connectivity index (χ3n) is 27.1. The molecule has 0 saturated heterocycles. The van der Waals surface area contributed by atoms with Crippen LogP contribution in [0.25, 0.3) is 266 Å². The molecule has 138 heavy (non-hydrogen) atoms. The molecule has 0 bridgehead atoms. The summed E-state index contributed by atoms with van der Waals surface area (Å²) in [6.45, 7) is 4.60. The highest BCUT2D eigenvalue weighted by Gasteiger charge is 2.36. The summed E-state index contributed by atoms with van der Waals surface area (Å²) in [6.07, 6.45) is 0. The maximum absolute atomic E-state index is 6.24. The van der Waals surface area contributed by atoms with Gasteiger partial charge in [-0.15, -0.1) is 0 Å². The van der Waals surface area contributed by atoms with E-state index in [0.29, 0.717) is 52.4 Å².